The first-order valence-electron chi connectivity index (χ1n) is 5.21. The number of hydrogen-bond donors (Lipinski definition) is 1. The van der Waals surface area contributed by atoms with Crippen LogP contribution in [0.2, 0.25) is 0 Å². The lowest BCUT2D eigenvalue weighted by Crippen LogP contribution is -2.38. The smallest absolute Gasteiger partial charge is 0.320 e. The summed E-state index contributed by atoms with van der Waals surface area (Å²) in [5.41, 5.74) is 0. The Kier molecular flexibility index (Phi) is 4.50. The Morgan fingerprint density at radius 2 is 2.13 bits per heavy atom. The van der Waals surface area contributed by atoms with E-state index in [0.29, 0.717) is 19.7 Å². The molecule has 1 N–H and O–H groups in total. The van der Waals surface area contributed by atoms with Crippen molar-refractivity contribution >= 4 is 5.97 Å². The molecule has 15 heavy (non-hydrogen) atoms. The van der Waals surface area contributed by atoms with Crippen molar-refractivity contribution in [1.29, 1.82) is 0 Å². The van der Waals surface area contributed by atoms with Crippen molar-refractivity contribution in [3.05, 3.63) is 0 Å². The van der Waals surface area contributed by atoms with E-state index in [4.69, 9.17) is 14.6 Å². The summed E-state index contributed by atoms with van der Waals surface area (Å²) in [6, 6.07) is -0.479. The molecule has 88 valence electrons. The average Bonchev–Trinajstić information content (AvgIpc) is 2.60. The minimum absolute atomic E-state index is 0.0122. The first-order chi connectivity index (χ1) is 7.10. The van der Waals surface area contributed by atoms with Crippen LogP contribution < -0.4 is 0 Å². The molecule has 3 unspecified atom stereocenters. The van der Waals surface area contributed by atoms with Gasteiger partial charge in [0.15, 0.2) is 0 Å². The van der Waals surface area contributed by atoms with Gasteiger partial charge in [-0.05, 0) is 13.8 Å². The average molecular weight is 217 g/mol. The van der Waals surface area contributed by atoms with Gasteiger partial charge in [-0.15, -0.1) is 0 Å². The molecular formula is C10H19NO4. The number of rotatable bonds is 5. The van der Waals surface area contributed by atoms with Crippen molar-refractivity contribution in [1.82, 2.24) is 4.90 Å². The van der Waals surface area contributed by atoms with Crippen LogP contribution in [0.4, 0.5) is 0 Å². The number of likely N-dealkylation sites (tertiary alicyclic amines) is 1. The zero-order valence-corrected chi connectivity index (χ0v) is 9.47. The molecule has 1 saturated heterocycles. The van der Waals surface area contributed by atoms with E-state index in [-0.39, 0.29) is 12.2 Å². The lowest BCUT2D eigenvalue weighted by atomic mass is 10.2. The maximum absolute atomic E-state index is 10.8. The standard InChI is InChI=1S/C10H19NO4/c1-4-15-9-6-11(5-8(9)14-3)7(2)10(12)13/h7-9H,4-6H2,1-3H3,(H,12,13). The fourth-order valence-electron chi connectivity index (χ4n) is 1.84. The Hall–Kier alpha value is -0.650. The minimum Gasteiger partial charge on any atom is -0.480 e. The molecule has 0 aliphatic carbocycles. The van der Waals surface area contributed by atoms with Gasteiger partial charge in [0.25, 0.3) is 0 Å². The summed E-state index contributed by atoms with van der Waals surface area (Å²) >= 11 is 0. The first kappa shape index (κ1) is 12.4. The van der Waals surface area contributed by atoms with Crippen LogP contribution in [0.3, 0.4) is 0 Å². The minimum atomic E-state index is -0.804. The van der Waals surface area contributed by atoms with Gasteiger partial charge in [0.05, 0.1) is 12.2 Å². The molecule has 1 heterocycles. The number of hydrogen-bond acceptors (Lipinski definition) is 4. The van der Waals surface area contributed by atoms with E-state index in [1.807, 2.05) is 11.8 Å². The van der Waals surface area contributed by atoms with Gasteiger partial charge in [0, 0.05) is 26.8 Å². The Labute approximate surface area is 90.0 Å². The fourth-order valence-corrected chi connectivity index (χ4v) is 1.84. The second kappa shape index (κ2) is 5.44. The third-order valence-electron chi connectivity index (χ3n) is 2.83. The van der Waals surface area contributed by atoms with E-state index in [1.165, 1.54) is 0 Å². The quantitative estimate of drug-likeness (QED) is 0.712. The predicted molar refractivity (Wildman–Crippen MR) is 54.9 cm³/mol. The molecule has 3 atom stereocenters. The Balaban J connectivity index is 2.55. The summed E-state index contributed by atoms with van der Waals surface area (Å²) in [4.78, 5) is 12.7. The number of carboxylic acid groups (broad SMARTS) is 1. The van der Waals surface area contributed by atoms with Crippen molar-refractivity contribution in [3.63, 3.8) is 0 Å². The lowest BCUT2D eigenvalue weighted by molar-refractivity contribution is -0.142. The maximum atomic E-state index is 10.8. The molecule has 0 saturated carbocycles. The molecule has 0 amide bonds. The summed E-state index contributed by atoms with van der Waals surface area (Å²) < 4.78 is 10.8. The van der Waals surface area contributed by atoms with E-state index in [1.54, 1.807) is 14.0 Å². The first-order valence-corrected chi connectivity index (χ1v) is 5.21. The maximum Gasteiger partial charge on any atom is 0.320 e. The molecule has 0 aromatic rings. The van der Waals surface area contributed by atoms with E-state index in [2.05, 4.69) is 0 Å². The van der Waals surface area contributed by atoms with Crippen LogP contribution in [0.15, 0.2) is 0 Å². The highest BCUT2D eigenvalue weighted by Gasteiger charge is 2.37. The molecule has 1 fully saturated rings. The van der Waals surface area contributed by atoms with E-state index in [9.17, 15) is 4.79 Å². The summed E-state index contributed by atoms with van der Waals surface area (Å²) in [5, 5.41) is 8.89. The number of nitrogens with zero attached hydrogens (tertiary/aromatic N) is 1. The normalized spacial score (nSPS) is 29.3. The van der Waals surface area contributed by atoms with Crippen molar-refractivity contribution < 1.29 is 19.4 Å². The summed E-state index contributed by atoms with van der Waals surface area (Å²) in [6.07, 6.45) is -0.0338. The third-order valence-corrected chi connectivity index (χ3v) is 2.83. The molecular weight excluding hydrogens is 198 g/mol. The number of methoxy groups -OCH3 is 1. The lowest BCUT2D eigenvalue weighted by Gasteiger charge is -2.19. The van der Waals surface area contributed by atoms with Crippen LogP contribution in [0.1, 0.15) is 13.8 Å². The van der Waals surface area contributed by atoms with Gasteiger partial charge in [-0.2, -0.15) is 0 Å². The molecule has 1 aliphatic rings. The van der Waals surface area contributed by atoms with Crippen molar-refractivity contribution in [3.8, 4) is 0 Å². The fraction of sp³-hybridized carbons (Fsp3) is 0.900. The Morgan fingerprint density at radius 1 is 1.53 bits per heavy atom. The molecule has 5 heteroatoms. The topological polar surface area (TPSA) is 59.0 Å². The van der Waals surface area contributed by atoms with Crippen LogP contribution >= 0.6 is 0 Å². The third kappa shape index (κ3) is 2.90. The van der Waals surface area contributed by atoms with Gasteiger partial charge in [-0.1, -0.05) is 0 Å². The molecule has 0 aromatic carbocycles. The summed E-state index contributed by atoms with van der Waals surface area (Å²) in [6.45, 7) is 5.48. The monoisotopic (exact) mass is 217 g/mol. The predicted octanol–water partition coefficient (Wildman–Crippen LogP) is 0.195. The van der Waals surface area contributed by atoms with Crippen LogP contribution in [0.5, 0.6) is 0 Å². The number of carboxylic acids is 1. The molecule has 0 radical (unpaired) electrons. The van der Waals surface area contributed by atoms with Crippen LogP contribution in [0.25, 0.3) is 0 Å². The number of carbonyl (C=O) groups is 1. The Morgan fingerprint density at radius 3 is 2.60 bits per heavy atom. The van der Waals surface area contributed by atoms with Gasteiger partial charge < -0.3 is 14.6 Å². The molecule has 0 bridgehead atoms. The summed E-state index contributed by atoms with van der Waals surface area (Å²) in [7, 11) is 1.63. The van der Waals surface area contributed by atoms with Crippen LogP contribution in [-0.4, -0.2) is 61.0 Å². The van der Waals surface area contributed by atoms with Crippen LogP contribution in [-0.2, 0) is 14.3 Å². The van der Waals surface area contributed by atoms with Crippen LogP contribution in [0, 0.1) is 0 Å². The van der Waals surface area contributed by atoms with Crippen molar-refractivity contribution in [2.24, 2.45) is 0 Å². The summed E-state index contributed by atoms with van der Waals surface area (Å²) in [5.74, 6) is -0.804. The molecule has 5 nitrogen and oxygen atoms in total. The molecule has 1 aliphatic heterocycles. The van der Waals surface area contributed by atoms with Gasteiger partial charge in [-0.3, -0.25) is 9.69 Å². The van der Waals surface area contributed by atoms with E-state index < -0.39 is 12.0 Å². The van der Waals surface area contributed by atoms with Gasteiger partial charge in [-0.25, -0.2) is 0 Å². The highest BCUT2D eigenvalue weighted by atomic mass is 16.5. The van der Waals surface area contributed by atoms with Crippen molar-refractivity contribution in [2.75, 3.05) is 26.8 Å². The number of aliphatic carboxylic acids is 1. The zero-order chi connectivity index (χ0) is 11.4. The van der Waals surface area contributed by atoms with Gasteiger partial charge >= 0.3 is 5.97 Å². The van der Waals surface area contributed by atoms with E-state index in [0.717, 1.165) is 0 Å². The highest BCUT2D eigenvalue weighted by molar-refractivity contribution is 5.72. The SMILES string of the molecule is CCOC1CN(C(C)C(=O)O)CC1OC. The second-order valence-corrected chi connectivity index (χ2v) is 3.74. The molecule has 0 spiro atoms. The molecule has 1 rings (SSSR count). The zero-order valence-electron chi connectivity index (χ0n) is 9.47. The second-order valence-electron chi connectivity index (χ2n) is 3.74. The number of ether oxygens (including phenoxy) is 2. The Bertz CT molecular complexity index is 221. The van der Waals surface area contributed by atoms with Gasteiger partial charge in [0.2, 0.25) is 0 Å². The largest absolute Gasteiger partial charge is 0.480 e. The molecule has 0 aromatic heterocycles. The van der Waals surface area contributed by atoms with Crippen molar-refractivity contribution in [2.45, 2.75) is 32.1 Å². The van der Waals surface area contributed by atoms with Gasteiger partial charge in [0.1, 0.15) is 6.04 Å². The van der Waals surface area contributed by atoms with E-state index >= 15 is 0 Å². The highest BCUT2D eigenvalue weighted by Crippen LogP contribution is 2.18.